The molecule has 92 valence electrons. The molecule has 0 aliphatic heterocycles. The van der Waals surface area contributed by atoms with E-state index in [4.69, 9.17) is 0 Å². The molecule has 1 saturated carbocycles. The van der Waals surface area contributed by atoms with Crippen molar-refractivity contribution in [3.63, 3.8) is 0 Å². The topological polar surface area (TPSA) is 53.1 Å². The van der Waals surface area contributed by atoms with Crippen LogP contribution in [0, 0.1) is 11.3 Å². The van der Waals surface area contributed by atoms with Crippen molar-refractivity contribution in [2.75, 3.05) is 18.1 Å². The first-order valence-corrected chi connectivity index (χ1v) is 7.17. The van der Waals surface area contributed by atoms with Crippen LogP contribution in [0.5, 0.6) is 0 Å². The van der Waals surface area contributed by atoms with Crippen LogP contribution in [0.3, 0.4) is 0 Å². The summed E-state index contributed by atoms with van der Waals surface area (Å²) in [7, 11) is 0. The molecule has 0 atom stereocenters. The molecule has 1 fully saturated rings. The molecular weight excluding hydrogens is 244 g/mol. The molecule has 0 spiro atoms. The van der Waals surface area contributed by atoms with E-state index in [2.05, 4.69) is 22.6 Å². The molecule has 3 rings (SSSR count). The molecule has 18 heavy (non-hydrogen) atoms. The van der Waals surface area contributed by atoms with Crippen molar-refractivity contribution in [1.29, 1.82) is 5.26 Å². The highest BCUT2D eigenvalue weighted by atomic mass is 32.2. The zero-order valence-corrected chi connectivity index (χ0v) is 11.0. The van der Waals surface area contributed by atoms with Crippen LogP contribution < -0.4 is 5.32 Å². The van der Waals surface area contributed by atoms with Crippen molar-refractivity contribution < 1.29 is 0 Å². The lowest BCUT2D eigenvalue weighted by Crippen LogP contribution is -2.18. The number of hydrogen-bond donors (Lipinski definition) is 1. The quantitative estimate of drug-likeness (QED) is 0.915. The van der Waals surface area contributed by atoms with Crippen LogP contribution in [-0.2, 0) is 0 Å². The van der Waals surface area contributed by atoms with Crippen molar-refractivity contribution in [1.82, 2.24) is 9.38 Å². The van der Waals surface area contributed by atoms with Gasteiger partial charge in [-0.05, 0) is 31.2 Å². The molecule has 0 unspecified atom stereocenters. The molecular formula is C13H14N4S. The Morgan fingerprint density at radius 2 is 2.39 bits per heavy atom. The summed E-state index contributed by atoms with van der Waals surface area (Å²) in [5.74, 6) is 0.698. The minimum absolute atomic E-state index is 0.364. The fraction of sp³-hybridized carbons (Fsp3) is 0.385. The van der Waals surface area contributed by atoms with E-state index < -0.39 is 0 Å². The normalized spacial score (nSPS) is 16.4. The number of rotatable bonds is 4. The Bertz CT molecular complexity index is 621. The number of nitrogens with zero attached hydrogens (tertiary/aromatic N) is 3. The van der Waals surface area contributed by atoms with Gasteiger partial charge < -0.3 is 5.32 Å². The van der Waals surface area contributed by atoms with E-state index in [0.29, 0.717) is 16.3 Å². The van der Waals surface area contributed by atoms with Crippen molar-refractivity contribution in [3.8, 4) is 6.07 Å². The van der Waals surface area contributed by atoms with Crippen molar-refractivity contribution in [2.45, 2.75) is 17.6 Å². The van der Waals surface area contributed by atoms with Gasteiger partial charge in [0.1, 0.15) is 11.7 Å². The monoisotopic (exact) mass is 258 g/mol. The lowest BCUT2D eigenvalue weighted by molar-refractivity contribution is 0.942. The molecule has 1 aliphatic rings. The van der Waals surface area contributed by atoms with E-state index in [1.807, 2.05) is 40.6 Å². The van der Waals surface area contributed by atoms with E-state index in [1.165, 1.54) is 12.8 Å². The number of anilines is 1. The molecule has 0 aromatic carbocycles. The zero-order valence-electron chi connectivity index (χ0n) is 10.2. The predicted molar refractivity (Wildman–Crippen MR) is 73.9 cm³/mol. The van der Waals surface area contributed by atoms with Crippen LogP contribution in [0.1, 0.15) is 18.5 Å². The second-order valence-corrected chi connectivity index (χ2v) is 5.86. The average Bonchev–Trinajstić information content (AvgIpc) is 3.10. The Morgan fingerprint density at radius 1 is 1.56 bits per heavy atom. The van der Waals surface area contributed by atoms with Crippen LogP contribution in [0.2, 0.25) is 0 Å². The summed E-state index contributed by atoms with van der Waals surface area (Å²) in [6.45, 7) is 0.882. The van der Waals surface area contributed by atoms with Crippen molar-refractivity contribution in [2.24, 2.45) is 0 Å². The van der Waals surface area contributed by atoms with Gasteiger partial charge in [0.05, 0.1) is 0 Å². The van der Waals surface area contributed by atoms with E-state index in [9.17, 15) is 5.26 Å². The summed E-state index contributed by atoms with van der Waals surface area (Å²) in [4.78, 5) is 4.47. The van der Waals surface area contributed by atoms with Crippen LogP contribution in [0.15, 0.2) is 24.4 Å². The number of imidazole rings is 1. The molecule has 0 saturated heterocycles. The standard InChI is InChI=1S/C13H14N4S/c1-18-13(5-6-13)9-15-12-10(8-14)17-7-3-2-4-11(17)16-12/h2-4,7,15H,5-6,9H2,1H3. The summed E-state index contributed by atoms with van der Waals surface area (Å²) >= 11 is 1.90. The van der Waals surface area contributed by atoms with Crippen molar-refractivity contribution in [3.05, 3.63) is 30.1 Å². The maximum Gasteiger partial charge on any atom is 0.168 e. The van der Waals surface area contributed by atoms with Crippen LogP contribution in [-0.4, -0.2) is 26.9 Å². The summed E-state index contributed by atoms with van der Waals surface area (Å²) in [6.07, 6.45) is 6.50. The van der Waals surface area contributed by atoms with Crippen LogP contribution in [0.4, 0.5) is 5.82 Å². The Hall–Kier alpha value is -1.67. The largest absolute Gasteiger partial charge is 0.366 e. The Kier molecular flexibility index (Phi) is 2.67. The maximum atomic E-state index is 9.25. The number of nitriles is 1. The molecule has 1 N–H and O–H groups in total. The SMILES string of the molecule is CSC1(CNc2nc3ccccn3c2C#N)CC1. The zero-order chi connectivity index (χ0) is 12.6. The lowest BCUT2D eigenvalue weighted by Gasteiger charge is -2.12. The second-order valence-electron chi connectivity index (χ2n) is 4.59. The fourth-order valence-corrected chi connectivity index (χ4v) is 2.79. The van der Waals surface area contributed by atoms with Gasteiger partial charge in [-0.25, -0.2) is 4.98 Å². The van der Waals surface area contributed by atoms with Crippen molar-refractivity contribution >= 4 is 23.2 Å². The summed E-state index contributed by atoms with van der Waals surface area (Å²) in [6, 6.07) is 7.97. The molecule has 4 nitrogen and oxygen atoms in total. The van der Waals surface area contributed by atoms with Gasteiger partial charge in [-0.3, -0.25) is 4.40 Å². The van der Waals surface area contributed by atoms with Gasteiger partial charge in [-0.2, -0.15) is 17.0 Å². The first-order valence-electron chi connectivity index (χ1n) is 5.94. The molecule has 2 aromatic heterocycles. The van der Waals surface area contributed by atoms with E-state index in [1.54, 1.807) is 0 Å². The highest BCUT2D eigenvalue weighted by molar-refractivity contribution is 8.00. The highest BCUT2D eigenvalue weighted by Gasteiger charge is 2.41. The first kappa shape index (κ1) is 11.4. The highest BCUT2D eigenvalue weighted by Crippen LogP contribution is 2.47. The predicted octanol–water partition coefficient (Wildman–Crippen LogP) is 2.51. The lowest BCUT2D eigenvalue weighted by atomic mass is 10.4. The van der Waals surface area contributed by atoms with Gasteiger partial charge in [-0.15, -0.1) is 0 Å². The Balaban J connectivity index is 1.90. The molecule has 1 aliphatic carbocycles. The van der Waals surface area contributed by atoms with Gasteiger partial charge >= 0.3 is 0 Å². The third-order valence-corrected chi connectivity index (χ3v) is 4.87. The van der Waals surface area contributed by atoms with Gasteiger partial charge in [0.2, 0.25) is 0 Å². The van der Waals surface area contributed by atoms with Crippen LogP contribution >= 0.6 is 11.8 Å². The Morgan fingerprint density at radius 3 is 3.06 bits per heavy atom. The smallest absolute Gasteiger partial charge is 0.168 e. The second kappa shape index (κ2) is 4.21. The fourth-order valence-electron chi connectivity index (χ4n) is 2.06. The number of pyridine rings is 1. The molecule has 0 radical (unpaired) electrons. The van der Waals surface area contributed by atoms with Crippen LogP contribution in [0.25, 0.3) is 5.65 Å². The number of fused-ring (bicyclic) bond motifs is 1. The summed E-state index contributed by atoms with van der Waals surface area (Å²) in [5, 5.41) is 12.6. The first-order chi connectivity index (χ1) is 8.78. The molecule has 0 bridgehead atoms. The summed E-state index contributed by atoms with van der Waals surface area (Å²) in [5.41, 5.74) is 1.40. The number of aromatic nitrogens is 2. The van der Waals surface area contributed by atoms with E-state index >= 15 is 0 Å². The minimum Gasteiger partial charge on any atom is -0.366 e. The average molecular weight is 258 g/mol. The van der Waals surface area contributed by atoms with Gasteiger partial charge in [0.25, 0.3) is 0 Å². The molecule has 2 aromatic rings. The minimum atomic E-state index is 0.364. The van der Waals surface area contributed by atoms with Gasteiger partial charge in [-0.1, -0.05) is 6.07 Å². The Labute approximate surface area is 110 Å². The molecule has 2 heterocycles. The third-order valence-electron chi connectivity index (χ3n) is 3.45. The van der Waals surface area contributed by atoms with Gasteiger partial charge in [0.15, 0.2) is 11.5 Å². The third kappa shape index (κ3) is 1.83. The number of thioether (sulfide) groups is 1. The van der Waals surface area contributed by atoms with E-state index in [0.717, 1.165) is 12.2 Å². The maximum absolute atomic E-state index is 9.25. The molecule has 5 heteroatoms. The number of hydrogen-bond acceptors (Lipinski definition) is 4. The summed E-state index contributed by atoms with van der Waals surface area (Å²) < 4.78 is 2.18. The molecule has 0 amide bonds. The van der Waals surface area contributed by atoms with Gasteiger partial charge in [0, 0.05) is 17.5 Å². The van der Waals surface area contributed by atoms with E-state index in [-0.39, 0.29) is 0 Å². The number of nitrogens with one attached hydrogen (secondary N) is 1.